The van der Waals surface area contributed by atoms with E-state index in [4.69, 9.17) is 0 Å². The number of amides is 2. The third kappa shape index (κ3) is 2.81. The van der Waals surface area contributed by atoms with Crippen LogP contribution in [0.1, 0.15) is 25.5 Å². The SMILES string of the molecule is CCc1ccc(NC2CCC(=O)NC2=O)cn1. The van der Waals surface area contributed by atoms with E-state index in [0.717, 1.165) is 17.8 Å². The molecule has 0 radical (unpaired) electrons. The minimum Gasteiger partial charge on any atom is -0.372 e. The molecular weight excluding hydrogens is 218 g/mol. The number of carbonyl (C=O) groups is 2. The number of carbonyl (C=O) groups excluding carboxylic acids is 2. The Hall–Kier alpha value is -1.91. The molecule has 1 unspecified atom stereocenters. The van der Waals surface area contributed by atoms with Crippen LogP contribution in [0, 0.1) is 0 Å². The summed E-state index contributed by atoms with van der Waals surface area (Å²) < 4.78 is 0. The van der Waals surface area contributed by atoms with E-state index >= 15 is 0 Å². The number of aryl methyl sites for hydroxylation is 1. The van der Waals surface area contributed by atoms with Crippen LogP contribution in [-0.4, -0.2) is 22.8 Å². The zero-order valence-electron chi connectivity index (χ0n) is 9.69. The molecule has 17 heavy (non-hydrogen) atoms. The summed E-state index contributed by atoms with van der Waals surface area (Å²) in [4.78, 5) is 26.7. The van der Waals surface area contributed by atoms with E-state index in [0.29, 0.717) is 12.8 Å². The third-order valence-electron chi connectivity index (χ3n) is 2.77. The topological polar surface area (TPSA) is 71.1 Å². The number of rotatable bonds is 3. The number of pyridine rings is 1. The van der Waals surface area contributed by atoms with Gasteiger partial charge in [0.2, 0.25) is 11.8 Å². The maximum Gasteiger partial charge on any atom is 0.249 e. The van der Waals surface area contributed by atoms with E-state index in [1.54, 1.807) is 6.20 Å². The maximum atomic E-state index is 11.5. The Balaban J connectivity index is 2.00. The number of nitrogens with one attached hydrogen (secondary N) is 2. The Morgan fingerprint density at radius 3 is 2.88 bits per heavy atom. The van der Waals surface area contributed by atoms with E-state index in [2.05, 4.69) is 15.6 Å². The van der Waals surface area contributed by atoms with E-state index in [1.165, 1.54) is 0 Å². The van der Waals surface area contributed by atoms with Crippen LogP contribution in [0.3, 0.4) is 0 Å². The predicted molar refractivity (Wildman–Crippen MR) is 63.4 cm³/mol. The smallest absolute Gasteiger partial charge is 0.249 e. The van der Waals surface area contributed by atoms with Crippen molar-refractivity contribution in [2.24, 2.45) is 0 Å². The summed E-state index contributed by atoms with van der Waals surface area (Å²) in [5.74, 6) is -0.465. The first kappa shape index (κ1) is 11.6. The van der Waals surface area contributed by atoms with Gasteiger partial charge >= 0.3 is 0 Å². The molecule has 0 bridgehead atoms. The van der Waals surface area contributed by atoms with Crippen molar-refractivity contribution >= 4 is 17.5 Å². The lowest BCUT2D eigenvalue weighted by Gasteiger charge is -2.22. The molecule has 90 valence electrons. The van der Waals surface area contributed by atoms with Gasteiger partial charge in [0.15, 0.2) is 0 Å². The quantitative estimate of drug-likeness (QED) is 0.760. The van der Waals surface area contributed by atoms with E-state index in [1.807, 2.05) is 19.1 Å². The van der Waals surface area contributed by atoms with Gasteiger partial charge in [0.05, 0.1) is 11.9 Å². The van der Waals surface area contributed by atoms with Gasteiger partial charge in [-0.25, -0.2) is 0 Å². The number of imide groups is 1. The fraction of sp³-hybridized carbons (Fsp3) is 0.417. The molecule has 2 heterocycles. The van der Waals surface area contributed by atoms with Gasteiger partial charge in [0, 0.05) is 12.1 Å². The van der Waals surface area contributed by atoms with Gasteiger partial charge in [0.1, 0.15) is 6.04 Å². The van der Waals surface area contributed by atoms with Crippen LogP contribution in [-0.2, 0) is 16.0 Å². The molecule has 1 aromatic rings. The summed E-state index contributed by atoms with van der Waals surface area (Å²) in [6, 6.07) is 3.48. The van der Waals surface area contributed by atoms with Crippen LogP contribution < -0.4 is 10.6 Å². The Morgan fingerprint density at radius 1 is 1.47 bits per heavy atom. The Morgan fingerprint density at radius 2 is 2.29 bits per heavy atom. The minimum atomic E-state index is -0.345. The molecule has 0 spiro atoms. The fourth-order valence-corrected chi connectivity index (χ4v) is 1.75. The van der Waals surface area contributed by atoms with Crippen molar-refractivity contribution in [2.75, 3.05) is 5.32 Å². The number of hydrogen-bond donors (Lipinski definition) is 2. The highest BCUT2D eigenvalue weighted by molar-refractivity contribution is 6.01. The van der Waals surface area contributed by atoms with Gasteiger partial charge in [-0.05, 0) is 25.0 Å². The summed E-state index contributed by atoms with van der Waals surface area (Å²) in [6.07, 6.45) is 3.51. The number of anilines is 1. The third-order valence-corrected chi connectivity index (χ3v) is 2.77. The zero-order chi connectivity index (χ0) is 12.3. The molecular formula is C12H15N3O2. The highest BCUT2D eigenvalue weighted by Gasteiger charge is 2.26. The molecule has 2 rings (SSSR count). The van der Waals surface area contributed by atoms with E-state index in [-0.39, 0.29) is 17.9 Å². The van der Waals surface area contributed by atoms with Crippen LogP contribution in [0.5, 0.6) is 0 Å². The molecule has 2 N–H and O–H groups in total. The molecule has 0 saturated carbocycles. The Kier molecular flexibility index (Phi) is 3.37. The van der Waals surface area contributed by atoms with Crippen molar-refractivity contribution in [1.29, 1.82) is 0 Å². The first-order valence-corrected chi connectivity index (χ1v) is 5.74. The van der Waals surface area contributed by atoms with Crippen LogP contribution in [0.15, 0.2) is 18.3 Å². The number of hydrogen-bond acceptors (Lipinski definition) is 4. The first-order valence-electron chi connectivity index (χ1n) is 5.74. The molecule has 5 heteroatoms. The average molecular weight is 233 g/mol. The maximum absolute atomic E-state index is 11.5. The highest BCUT2D eigenvalue weighted by atomic mass is 16.2. The molecule has 5 nitrogen and oxygen atoms in total. The summed E-state index contributed by atoms with van der Waals surface area (Å²) in [6.45, 7) is 2.04. The van der Waals surface area contributed by atoms with Crippen LogP contribution in [0.25, 0.3) is 0 Å². The van der Waals surface area contributed by atoms with Crippen molar-refractivity contribution in [2.45, 2.75) is 32.2 Å². The summed E-state index contributed by atoms with van der Waals surface area (Å²) in [5.41, 5.74) is 1.82. The molecule has 1 saturated heterocycles. The first-order chi connectivity index (χ1) is 8.19. The zero-order valence-corrected chi connectivity index (χ0v) is 9.69. The second kappa shape index (κ2) is 4.95. The van der Waals surface area contributed by atoms with Crippen LogP contribution >= 0.6 is 0 Å². The van der Waals surface area contributed by atoms with Crippen molar-refractivity contribution < 1.29 is 9.59 Å². The summed E-state index contributed by atoms with van der Waals surface area (Å²) >= 11 is 0. The molecule has 2 amide bonds. The number of piperidine rings is 1. The molecule has 1 aliphatic rings. The van der Waals surface area contributed by atoms with Gasteiger partial charge in [-0.15, -0.1) is 0 Å². The highest BCUT2D eigenvalue weighted by Crippen LogP contribution is 2.13. The van der Waals surface area contributed by atoms with Gasteiger partial charge in [0.25, 0.3) is 0 Å². The lowest BCUT2D eigenvalue weighted by Crippen LogP contribution is -2.47. The number of nitrogens with zero attached hydrogens (tertiary/aromatic N) is 1. The van der Waals surface area contributed by atoms with Gasteiger partial charge in [-0.3, -0.25) is 19.9 Å². The summed E-state index contributed by atoms with van der Waals surface area (Å²) in [7, 11) is 0. The minimum absolute atomic E-state index is 0.201. The monoisotopic (exact) mass is 233 g/mol. The molecule has 0 aromatic carbocycles. The average Bonchev–Trinajstić information content (AvgIpc) is 2.34. The predicted octanol–water partition coefficient (Wildman–Crippen LogP) is 0.861. The Labute approximate surface area is 99.6 Å². The molecule has 1 atom stereocenters. The van der Waals surface area contributed by atoms with Gasteiger partial charge < -0.3 is 5.32 Å². The fourth-order valence-electron chi connectivity index (χ4n) is 1.75. The van der Waals surface area contributed by atoms with Crippen molar-refractivity contribution in [1.82, 2.24) is 10.3 Å². The van der Waals surface area contributed by atoms with E-state index in [9.17, 15) is 9.59 Å². The second-order valence-electron chi connectivity index (χ2n) is 4.04. The van der Waals surface area contributed by atoms with Gasteiger partial charge in [-0.2, -0.15) is 0 Å². The van der Waals surface area contributed by atoms with Crippen LogP contribution in [0.2, 0.25) is 0 Å². The van der Waals surface area contributed by atoms with Crippen molar-refractivity contribution in [3.8, 4) is 0 Å². The van der Waals surface area contributed by atoms with Gasteiger partial charge in [-0.1, -0.05) is 6.92 Å². The molecule has 1 aliphatic heterocycles. The Bertz CT molecular complexity index is 428. The second-order valence-corrected chi connectivity index (χ2v) is 4.04. The normalized spacial score (nSPS) is 19.9. The van der Waals surface area contributed by atoms with E-state index < -0.39 is 0 Å². The lowest BCUT2D eigenvalue weighted by atomic mass is 10.1. The number of aromatic nitrogens is 1. The summed E-state index contributed by atoms with van der Waals surface area (Å²) in [5, 5.41) is 5.39. The van der Waals surface area contributed by atoms with Crippen molar-refractivity contribution in [3.63, 3.8) is 0 Å². The molecule has 1 fully saturated rings. The largest absolute Gasteiger partial charge is 0.372 e. The van der Waals surface area contributed by atoms with Crippen LogP contribution in [0.4, 0.5) is 5.69 Å². The standard InChI is InChI=1S/C12H15N3O2/c1-2-8-3-4-9(7-13-8)14-10-5-6-11(16)15-12(10)17/h3-4,7,10,14H,2,5-6H2,1H3,(H,15,16,17). The molecule has 1 aromatic heterocycles. The lowest BCUT2D eigenvalue weighted by molar-refractivity contribution is -0.133. The van der Waals surface area contributed by atoms with Crippen molar-refractivity contribution in [3.05, 3.63) is 24.0 Å². The molecule has 0 aliphatic carbocycles.